The highest BCUT2D eigenvalue weighted by molar-refractivity contribution is 5.90. The van der Waals surface area contributed by atoms with E-state index in [4.69, 9.17) is 13.9 Å². The van der Waals surface area contributed by atoms with E-state index in [-0.39, 0.29) is 36.6 Å². The molecule has 0 saturated carbocycles. The molecule has 10 nitrogen and oxygen atoms in total. The van der Waals surface area contributed by atoms with E-state index in [1.807, 2.05) is 30.3 Å². The van der Waals surface area contributed by atoms with E-state index < -0.39 is 17.7 Å². The molecule has 0 unspecified atom stereocenters. The first-order chi connectivity index (χ1) is 16.9. The zero-order valence-corrected chi connectivity index (χ0v) is 18.7. The van der Waals surface area contributed by atoms with E-state index in [0.717, 1.165) is 5.56 Å². The quantitative estimate of drug-likeness (QED) is 0.318. The Morgan fingerprint density at radius 1 is 1.00 bits per heavy atom. The fraction of sp³-hybridized carbons (Fsp3) is 0.160. The molecule has 0 bridgehead atoms. The van der Waals surface area contributed by atoms with Gasteiger partial charge in [-0.15, -0.1) is 0 Å². The lowest BCUT2D eigenvalue weighted by atomic mass is 10.1. The Hall–Kier alpha value is -4.73. The van der Waals surface area contributed by atoms with Gasteiger partial charge in [-0.3, -0.25) is 10.1 Å². The van der Waals surface area contributed by atoms with Gasteiger partial charge in [-0.2, -0.15) is 5.10 Å². The molecule has 0 fully saturated rings. The van der Waals surface area contributed by atoms with Crippen molar-refractivity contribution in [3.05, 3.63) is 104 Å². The van der Waals surface area contributed by atoms with E-state index in [0.29, 0.717) is 16.6 Å². The highest BCUT2D eigenvalue weighted by Crippen LogP contribution is 2.22. The van der Waals surface area contributed by atoms with Crippen molar-refractivity contribution in [1.82, 2.24) is 9.78 Å². The van der Waals surface area contributed by atoms with Crippen LogP contribution >= 0.6 is 0 Å². The van der Waals surface area contributed by atoms with Gasteiger partial charge < -0.3 is 13.9 Å². The summed E-state index contributed by atoms with van der Waals surface area (Å²) in [5.74, 6) is -0.756. The molecule has 0 spiro atoms. The Bertz CT molecular complexity index is 1490. The summed E-state index contributed by atoms with van der Waals surface area (Å²) in [6.07, 6.45) is -0.639. The third kappa shape index (κ3) is 5.80. The summed E-state index contributed by atoms with van der Waals surface area (Å²) in [6.45, 7) is 1.86. The first kappa shape index (κ1) is 23.4. The minimum absolute atomic E-state index is 0.0475. The molecule has 10 heteroatoms. The van der Waals surface area contributed by atoms with Gasteiger partial charge in [0, 0.05) is 34.8 Å². The highest BCUT2D eigenvalue weighted by atomic mass is 16.5. The molecule has 2 aromatic heterocycles. The third-order valence-corrected chi connectivity index (χ3v) is 4.96. The molecule has 4 rings (SSSR count). The van der Waals surface area contributed by atoms with Crippen LogP contribution in [0.2, 0.25) is 0 Å². The number of nitrogens with one attached hydrogen (secondary N) is 1. The van der Waals surface area contributed by atoms with Crippen molar-refractivity contribution >= 4 is 28.7 Å². The maximum atomic E-state index is 12.6. The smallest absolute Gasteiger partial charge is 0.411 e. The molecule has 1 N–H and O–H groups in total. The number of nitrogens with zero attached hydrogens (tertiary/aromatic N) is 2. The van der Waals surface area contributed by atoms with E-state index in [1.165, 1.54) is 28.9 Å². The molecule has 178 valence electrons. The average molecular weight is 475 g/mol. The molecule has 0 saturated heterocycles. The molecular formula is C25H21N3O7. The fourth-order valence-electron chi connectivity index (χ4n) is 3.36. The van der Waals surface area contributed by atoms with Gasteiger partial charge in [0.15, 0.2) is 5.69 Å². The molecule has 0 atom stereocenters. The van der Waals surface area contributed by atoms with Crippen molar-refractivity contribution in [3.63, 3.8) is 0 Å². The fourth-order valence-corrected chi connectivity index (χ4v) is 3.36. The van der Waals surface area contributed by atoms with Crippen LogP contribution in [0.15, 0.2) is 80.7 Å². The monoisotopic (exact) mass is 475 g/mol. The number of rotatable bonds is 7. The van der Waals surface area contributed by atoms with Gasteiger partial charge in [0.2, 0.25) is 0 Å². The van der Waals surface area contributed by atoms with Crippen molar-refractivity contribution < 1.29 is 23.5 Å². The summed E-state index contributed by atoms with van der Waals surface area (Å²) in [5.41, 5.74) is 0.784. The summed E-state index contributed by atoms with van der Waals surface area (Å²) in [4.78, 5) is 48.5. The SMILES string of the molecule is CCOC(=O)Nc1ccc2c(COC(=O)c3ccc(=O)n(Cc4ccccc4)n3)cc(=O)oc2c1. The van der Waals surface area contributed by atoms with Gasteiger partial charge in [-0.25, -0.2) is 19.1 Å². The first-order valence-corrected chi connectivity index (χ1v) is 10.7. The second-order valence-corrected chi connectivity index (χ2v) is 7.42. The van der Waals surface area contributed by atoms with Crippen molar-refractivity contribution in [3.8, 4) is 0 Å². The van der Waals surface area contributed by atoms with Crippen LogP contribution in [0.3, 0.4) is 0 Å². The zero-order valence-electron chi connectivity index (χ0n) is 18.7. The second kappa shape index (κ2) is 10.5. The average Bonchev–Trinajstić information content (AvgIpc) is 2.84. The number of ether oxygens (including phenoxy) is 2. The van der Waals surface area contributed by atoms with Crippen LogP contribution in [-0.2, 0) is 22.6 Å². The van der Waals surface area contributed by atoms with Crippen LogP contribution < -0.4 is 16.5 Å². The number of aromatic nitrogens is 2. The molecule has 2 aromatic carbocycles. The van der Waals surface area contributed by atoms with E-state index >= 15 is 0 Å². The Kier molecular flexibility index (Phi) is 7.01. The van der Waals surface area contributed by atoms with Gasteiger partial charge in [0.1, 0.15) is 12.2 Å². The zero-order chi connectivity index (χ0) is 24.8. The maximum absolute atomic E-state index is 12.6. The molecule has 2 heterocycles. The van der Waals surface area contributed by atoms with Crippen LogP contribution in [0.5, 0.6) is 0 Å². The topological polar surface area (TPSA) is 130 Å². The number of hydrogen-bond acceptors (Lipinski definition) is 8. The normalized spacial score (nSPS) is 10.7. The summed E-state index contributed by atoms with van der Waals surface area (Å²) in [6, 6.07) is 17.7. The van der Waals surface area contributed by atoms with Gasteiger partial charge in [-0.05, 0) is 30.7 Å². The predicted molar refractivity (Wildman–Crippen MR) is 126 cm³/mol. The van der Waals surface area contributed by atoms with Gasteiger partial charge in [0.25, 0.3) is 5.56 Å². The van der Waals surface area contributed by atoms with Crippen LogP contribution in [0.25, 0.3) is 11.0 Å². The van der Waals surface area contributed by atoms with Crippen molar-refractivity contribution in [2.45, 2.75) is 20.1 Å². The number of fused-ring (bicyclic) bond motifs is 1. The standard InChI is InChI=1S/C25H21N3O7/c1-2-33-25(32)26-18-8-9-19-17(12-23(30)35-21(19)13-18)15-34-24(31)20-10-11-22(29)28(27-20)14-16-6-4-3-5-7-16/h3-13H,2,14-15H2,1H3,(H,26,32). The molecule has 4 aromatic rings. The van der Waals surface area contributed by atoms with Crippen LogP contribution in [-0.4, -0.2) is 28.4 Å². The predicted octanol–water partition coefficient (Wildman–Crippen LogP) is 3.32. The summed E-state index contributed by atoms with van der Waals surface area (Å²) < 4.78 is 16.6. The number of hydrogen-bond donors (Lipinski definition) is 1. The molecule has 0 aliphatic heterocycles. The Labute approximate surface area is 198 Å². The molecule has 35 heavy (non-hydrogen) atoms. The molecule has 1 amide bonds. The molecular weight excluding hydrogens is 454 g/mol. The number of carbonyl (C=O) groups excluding carboxylic acids is 2. The lowest BCUT2D eigenvalue weighted by molar-refractivity contribution is 0.0463. The second-order valence-electron chi connectivity index (χ2n) is 7.42. The van der Waals surface area contributed by atoms with Crippen LogP contribution in [0, 0.1) is 0 Å². The molecule has 0 radical (unpaired) electrons. The molecule has 0 aliphatic rings. The lowest BCUT2D eigenvalue weighted by Gasteiger charge is -2.10. The number of esters is 1. The number of anilines is 1. The van der Waals surface area contributed by atoms with Crippen molar-refractivity contribution in [1.29, 1.82) is 0 Å². The third-order valence-electron chi connectivity index (χ3n) is 4.96. The van der Waals surface area contributed by atoms with E-state index in [9.17, 15) is 19.2 Å². The summed E-state index contributed by atoms with van der Waals surface area (Å²) in [7, 11) is 0. The molecule has 0 aliphatic carbocycles. The number of carbonyl (C=O) groups is 2. The maximum Gasteiger partial charge on any atom is 0.411 e. The largest absolute Gasteiger partial charge is 0.456 e. The van der Waals surface area contributed by atoms with E-state index in [2.05, 4.69) is 10.4 Å². The summed E-state index contributed by atoms with van der Waals surface area (Å²) in [5, 5.41) is 7.16. The first-order valence-electron chi connectivity index (χ1n) is 10.7. The number of amides is 1. The Morgan fingerprint density at radius 2 is 1.80 bits per heavy atom. The Morgan fingerprint density at radius 3 is 2.57 bits per heavy atom. The van der Waals surface area contributed by atoms with Crippen LogP contribution in [0.1, 0.15) is 28.5 Å². The van der Waals surface area contributed by atoms with Crippen molar-refractivity contribution in [2.75, 3.05) is 11.9 Å². The van der Waals surface area contributed by atoms with Gasteiger partial charge in [0.05, 0.1) is 13.2 Å². The number of benzene rings is 2. The van der Waals surface area contributed by atoms with E-state index in [1.54, 1.807) is 19.1 Å². The van der Waals surface area contributed by atoms with Gasteiger partial charge in [-0.1, -0.05) is 30.3 Å². The summed E-state index contributed by atoms with van der Waals surface area (Å²) >= 11 is 0. The minimum atomic E-state index is -0.756. The van der Waals surface area contributed by atoms with Gasteiger partial charge >= 0.3 is 17.7 Å². The Balaban J connectivity index is 1.51. The highest BCUT2D eigenvalue weighted by Gasteiger charge is 2.14. The minimum Gasteiger partial charge on any atom is -0.456 e. The van der Waals surface area contributed by atoms with Crippen LogP contribution in [0.4, 0.5) is 10.5 Å². The lowest BCUT2D eigenvalue weighted by Crippen LogP contribution is -2.25. The van der Waals surface area contributed by atoms with Crippen molar-refractivity contribution in [2.24, 2.45) is 0 Å².